The molecular weight excluding hydrogens is 175 g/mol. The molecule has 1 aliphatic carbocycles. The summed E-state index contributed by atoms with van der Waals surface area (Å²) in [5, 5.41) is 8.94. The summed E-state index contributed by atoms with van der Waals surface area (Å²) in [6.45, 7) is 0.705. The van der Waals surface area contributed by atoms with Gasteiger partial charge in [-0.15, -0.1) is 0 Å². The van der Waals surface area contributed by atoms with E-state index in [2.05, 4.69) is 0 Å². The number of ether oxygens (including phenoxy) is 1. The summed E-state index contributed by atoms with van der Waals surface area (Å²) in [4.78, 5) is 10.9. The Kier molecular flexibility index (Phi) is 1.84. The quantitative estimate of drug-likeness (QED) is 0.711. The first-order chi connectivity index (χ1) is 6.11. The normalized spacial score (nSPS) is 29.6. The molecule has 0 aromatic rings. The lowest BCUT2D eigenvalue weighted by molar-refractivity contribution is -0.155. The average molecular weight is 188 g/mol. The van der Waals surface area contributed by atoms with Crippen LogP contribution in [-0.4, -0.2) is 30.0 Å². The van der Waals surface area contributed by atoms with E-state index < -0.39 is 17.1 Å². The topological polar surface area (TPSA) is 46.5 Å². The molecule has 1 saturated carbocycles. The molecule has 0 atom stereocenters. The van der Waals surface area contributed by atoms with Crippen molar-refractivity contribution >= 4 is 5.97 Å². The average Bonchev–Trinajstić information content (AvgIpc) is 2.85. The highest BCUT2D eigenvalue weighted by atomic mass is 19.1. The van der Waals surface area contributed by atoms with Gasteiger partial charge in [0.2, 0.25) is 0 Å². The number of alkyl halides is 1. The highest BCUT2D eigenvalue weighted by Crippen LogP contribution is 2.59. The number of carboxylic acids is 1. The fourth-order valence-electron chi connectivity index (χ4n) is 2.15. The molecule has 1 N–H and O–H groups in total. The molecule has 3 nitrogen and oxygen atoms in total. The number of rotatable bonds is 2. The van der Waals surface area contributed by atoms with Crippen LogP contribution in [0.1, 0.15) is 25.7 Å². The van der Waals surface area contributed by atoms with E-state index in [-0.39, 0.29) is 12.8 Å². The second kappa shape index (κ2) is 2.67. The predicted molar refractivity (Wildman–Crippen MR) is 43.2 cm³/mol. The summed E-state index contributed by atoms with van der Waals surface area (Å²) in [7, 11) is 0. The number of carboxylic acid groups (broad SMARTS) is 1. The van der Waals surface area contributed by atoms with Gasteiger partial charge in [0.05, 0.1) is 0 Å². The Balaban J connectivity index is 2.17. The first-order valence-corrected chi connectivity index (χ1v) is 4.61. The van der Waals surface area contributed by atoms with E-state index in [1.165, 1.54) is 0 Å². The van der Waals surface area contributed by atoms with Crippen molar-refractivity contribution in [3.63, 3.8) is 0 Å². The third-order valence-corrected chi connectivity index (χ3v) is 3.30. The van der Waals surface area contributed by atoms with Crippen LogP contribution in [0.15, 0.2) is 0 Å². The molecule has 13 heavy (non-hydrogen) atoms. The molecule has 4 heteroatoms. The molecule has 2 fully saturated rings. The van der Waals surface area contributed by atoms with Crippen molar-refractivity contribution in [2.24, 2.45) is 5.41 Å². The zero-order chi connectivity index (χ0) is 9.53. The van der Waals surface area contributed by atoms with Crippen molar-refractivity contribution < 1.29 is 19.0 Å². The van der Waals surface area contributed by atoms with Crippen LogP contribution in [0, 0.1) is 5.41 Å². The van der Waals surface area contributed by atoms with Gasteiger partial charge in [-0.25, -0.2) is 4.39 Å². The third-order valence-electron chi connectivity index (χ3n) is 3.30. The van der Waals surface area contributed by atoms with Crippen LogP contribution in [0.5, 0.6) is 0 Å². The molecule has 2 rings (SSSR count). The Hall–Kier alpha value is -0.640. The highest BCUT2D eigenvalue weighted by Gasteiger charge is 2.65. The van der Waals surface area contributed by atoms with Crippen LogP contribution in [0.25, 0.3) is 0 Å². The van der Waals surface area contributed by atoms with Crippen LogP contribution in [0.3, 0.4) is 0 Å². The van der Waals surface area contributed by atoms with Crippen molar-refractivity contribution in [3.8, 4) is 0 Å². The third kappa shape index (κ3) is 1.15. The summed E-state index contributed by atoms with van der Waals surface area (Å²) in [5.74, 6) is -0.975. The Labute approximate surface area is 75.9 Å². The maximum Gasteiger partial charge on any atom is 0.312 e. The minimum absolute atomic E-state index is 0.235. The molecule has 2 aliphatic rings. The monoisotopic (exact) mass is 188 g/mol. The van der Waals surface area contributed by atoms with Gasteiger partial charge >= 0.3 is 5.97 Å². The molecule has 74 valence electrons. The van der Waals surface area contributed by atoms with E-state index in [9.17, 15) is 9.18 Å². The zero-order valence-electron chi connectivity index (χ0n) is 7.38. The van der Waals surface area contributed by atoms with E-state index >= 15 is 0 Å². The van der Waals surface area contributed by atoms with E-state index in [0.717, 1.165) is 0 Å². The molecule has 0 aromatic carbocycles. The fraction of sp³-hybridized carbons (Fsp3) is 0.889. The summed E-state index contributed by atoms with van der Waals surface area (Å²) >= 11 is 0. The van der Waals surface area contributed by atoms with Gasteiger partial charge in [-0.3, -0.25) is 4.79 Å². The molecule has 1 heterocycles. The first-order valence-electron chi connectivity index (χ1n) is 4.61. The Morgan fingerprint density at radius 3 is 2.15 bits per heavy atom. The predicted octanol–water partition coefficient (Wildman–Crippen LogP) is 1.37. The van der Waals surface area contributed by atoms with E-state index in [1.54, 1.807) is 0 Å². The lowest BCUT2D eigenvalue weighted by Crippen LogP contribution is -2.44. The van der Waals surface area contributed by atoms with Crippen LogP contribution < -0.4 is 0 Å². The van der Waals surface area contributed by atoms with Crippen LogP contribution in [0.4, 0.5) is 4.39 Å². The Morgan fingerprint density at radius 2 is 1.77 bits per heavy atom. The van der Waals surface area contributed by atoms with Gasteiger partial charge < -0.3 is 9.84 Å². The molecule has 1 aliphatic heterocycles. The summed E-state index contributed by atoms with van der Waals surface area (Å²) in [5.41, 5.74) is -2.59. The second-order valence-corrected chi connectivity index (χ2v) is 3.96. The molecule has 0 aromatic heterocycles. The maximum absolute atomic E-state index is 14.2. The van der Waals surface area contributed by atoms with Gasteiger partial charge in [-0.2, -0.15) is 0 Å². The van der Waals surface area contributed by atoms with E-state index in [1.807, 2.05) is 0 Å². The minimum Gasteiger partial charge on any atom is -0.481 e. The van der Waals surface area contributed by atoms with Gasteiger partial charge in [-0.05, 0) is 12.8 Å². The van der Waals surface area contributed by atoms with Crippen LogP contribution in [0.2, 0.25) is 0 Å². The van der Waals surface area contributed by atoms with Crippen molar-refractivity contribution in [3.05, 3.63) is 0 Å². The van der Waals surface area contributed by atoms with Crippen molar-refractivity contribution in [2.75, 3.05) is 13.2 Å². The number of aliphatic carboxylic acids is 1. The van der Waals surface area contributed by atoms with Gasteiger partial charge in [0, 0.05) is 26.1 Å². The zero-order valence-corrected chi connectivity index (χ0v) is 7.38. The second-order valence-electron chi connectivity index (χ2n) is 3.96. The van der Waals surface area contributed by atoms with E-state index in [0.29, 0.717) is 26.1 Å². The lowest BCUT2D eigenvalue weighted by Gasteiger charge is -2.34. The molecule has 0 unspecified atom stereocenters. The Bertz CT molecular complexity index is 229. The fourth-order valence-corrected chi connectivity index (χ4v) is 2.15. The maximum atomic E-state index is 14.2. The summed E-state index contributed by atoms with van der Waals surface area (Å²) in [6, 6.07) is 0. The molecule has 1 saturated heterocycles. The first kappa shape index (κ1) is 8.94. The number of hydrogen-bond donors (Lipinski definition) is 1. The van der Waals surface area contributed by atoms with Crippen LogP contribution in [-0.2, 0) is 9.53 Å². The van der Waals surface area contributed by atoms with Crippen molar-refractivity contribution in [2.45, 2.75) is 31.4 Å². The van der Waals surface area contributed by atoms with Crippen molar-refractivity contribution in [1.82, 2.24) is 0 Å². The molecule has 0 amide bonds. The van der Waals surface area contributed by atoms with Crippen LogP contribution >= 0.6 is 0 Å². The van der Waals surface area contributed by atoms with Gasteiger partial charge in [0.1, 0.15) is 11.1 Å². The lowest BCUT2D eigenvalue weighted by atomic mass is 9.80. The molecular formula is C9H13FO3. The van der Waals surface area contributed by atoms with Crippen molar-refractivity contribution in [1.29, 1.82) is 0 Å². The summed E-state index contributed by atoms with van der Waals surface area (Å²) < 4.78 is 19.2. The molecule has 0 bridgehead atoms. The van der Waals surface area contributed by atoms with E-state index in [4.69, 9.17) is 9.84 Å². The minimum atomic E-state index is -1.52. The summed E-state index contributed by atoms with van der Waals surface area (Å²) in [6.07, 6.45) is 1.44. The largest absolute Gasteiger partial charge is 0.481 e. The SMILES string of the molecule is O=C(O)C1(C2(F)CCOCC2)CC1. The number of hydrogen-bond acceptors (Lipinski definition) is 2. The standard InChI is InChI=1S/C9H13FO3/c10-9(3-5-13-6-4-9)8(1-2-8)7(11)12/h1-6H2,(H,11,12). The molecule has 0 spiro atoms. The molecule has 0 radical (unpaired) electrons. The highest BCUT2D eigenvalue weighted by molar-refractivity contribution is 5.79. The van der Waals surface area contributed by atoms with Gasteiger partial charge in [0.15, 0.2) is 0 Å². The van der Waals surface area contributed by atoms with Gasteiger partial charge in [-0.1, -0.05) is 0 Å². The number of carbonyl (C=O) groups is 1. The smallest absolute Gasteiger partial charge is 0.312 e. The Morgan fingerprint density at radius 1 is 1.23 bits per heavy atom. The van der Waals surface area contributed by atoms with Gasteiger partial charge in [0.25, 0.3) is 0 Å². The number of halogens is 1.